The summed E-state index contributed by atoms with van der Waals surface area (Å²) in [6, 6.07) is 5.55. The third-order valence-electron chi connectivity index (χ3n) is 3.68. The van der Waals surface area contributed by atoms with Crippen molar-refractivity contribution in [3.63, 3.8) is 0 Å². The number of benzene rings is 1. The van der Waals surface area contributed by atoms with Crippen LogP contribution in [0.4, 0.5) is 4.39 Å². The van der Waals surface area contributed by atoms with E-state index >= 15 is 0 Å². The summed E-state index contributed by atoms with van der Waals surface area (Å²) in [6.07, 6.45) is 3.05. The molecule has 1 aromatic carbocycles. The van der Waals surface area contributed by atoms with E-state index in [1.807, 2.05) is 6.07 Å². The fourth-order valence-corrected chi connectivity index (χ4v) is 3.28. The molecule has 1 atom stereocenters. The molecule has 1 aliphatic rings. The van der Waals surface area contributed by atoms with E-state index in [4.69, 9.17) is 4.74 Å². The van der Waals surface area contributed by atoms with Crippen molar-refractivity contribution in [3.8, 4) is 0 Å². The zero-order valence-electron chi connectivity index (χ0n) is 11.3. The SMILES string of the molecule is CCNC(Cc1cc(F)cc(Br)c1)C1CCOCC1. The van der Waals surface area contributed by atoms with Crippen LogP contribution >= 0.6 is 15.9 Å². The van der Waals surface area contributed by atoms with Crippen molar-refractivity contribution in [1.82, 2.24) is 5.32 Å². The molecule has 106 valence electrons. The summed E-state index contributed by atoms with van der Waals surface area (Å²) in [6.45, 7) is 4.76. The lowest BCUT2D eigenvalue weighted by atomic mass is 9.87. The molecule has 1 aliphatic heterocycles. The number of ether oxygens (including phenoxy) is 1. The normalized spacial score (nSPS) is 18.5. The fraction of sp³-hybridized carbons (Fsp3) is 0.600. The quantitative estimate of drug-likeness (QED) is 0.892. The van der Waals surface area contributed by atoms with E-state index < -0.39 is 0 Å². The standard InChI is InChI=1S/C15H21BrFNO/c1-2-18-15(12-3-5-19-6-4-12)9-11-7-13(16)10-14(17)8-11/h7-8,10,12,15,18H,2-6,9H2,1H3. The molecule has 1 fully saturated rings. The van der Waals surface area contributed by atoms with Gasteiger partial charge in [-0.3, -0.25) is 0 Å². The minimum atomic E-state index is -0.174. The summed E-state index contributed by atoms with van der Waals surface area (Å²) >= 11 is 3.36. The molecule has 1 heterocycles. The van der Waals surface area contributed by atoms with Crippen LogP contribution in [0.15, 0.2) is 22.7 Å². The van der Waals surface area contributed by atoms with Gasteiger partial charge < -0.3 is 10.1 Å². The molecular weight excluding hydrogens is 309 g/mol. The second-order valence-corrected chi connectivity index (χ2v) is 6.01. The van der Waals surface area contributed by atoms with Crippen LogP contribution in [0.1, 0.15) is 25.3 Å². The van der Waals surface area contributed by atoms with Gasteiger partial charge in [0.05, 0.1) is 0 Å². The molecule has 19 heavy (non-hydrogen) atoms. The van der Waals surface area contributed by atoms with Gasteiger partial charge in [-0.2, -0.15) is 0 Å². The molecule has 0 bridgehead atoms. The summed E-state index contributed by atoms with van der Waals surface area (Å²) in [5.74, 6) is 0.447. The van der Waals surface area contributed by atoms with Gasteiger partial charge in [0.1, 0.15) is 5.82 Å². The van der Waals surface area contributed by atoms with Gasteiger partial charge in [-0.15, -0.1) is 0 Å². The van der Waals surface area contributed by atoms with Crippen LogP contribution in [0.3, 0.4) is 0 Å². The predicted octanol–water partition coefficient (Wildman–Crippen LogP) is 3.54. The number of likely N-dealkylation sites (N-methyl/N-ethyl adjacent to an activating group) is 1. The van der Waals surface area contributed by atoms with Gasteiger partial charge in [-0.1, -0.05) is 22.9 Å². The molecule has 1 aromatic rings. The summed E-state index contributed by atoms with van der Waals surface area (Å²) in [5, 5.41) is 3.55. The highest BCUT2D eigenvalue weighted by molar-refractivity contribution is 9.10. The van der Waals surface area contributed by atoms with Crippen molar-refractivity contribution >= 4 is 15.9 Å². The Hall–Kier alpha value is -0.450. The number of hydrogen-bond donors (Lipinski definition) is 1. The van der Waals surface area contributed by atoms with E-state index in [1.54, 1.807) is 6.07 Å². The molecule has 0 aromatic heterocycles. The minimum absolute atomic E-state index is 0.174. The maximum Gasteiger partial charge on any atom is 0.124 e. The molecule has 0 radical (unpaired) electrons. The Morgan fingerprint density at radius 3 is 2.74 bits per heavy atom. The summed E-state index contributed by atoms with van der Waals surface area (Å²) < 4.78 is 19.7. The first-order chi connectivity index (χ1) is 9.19. The number of hydrogen-bond acceptors (Lipinski definition) is 2. The first-order valence-electron chi connectivity index (χ1n) is 6.95. The van der Waals surface area contributed by atoms with Gasteiger partial charge in [-0.05, 0) is 55.5 Å². The monoisotopic (exact) mass is 329 g/mol. The smallest absolute Gasteiger partial charge is 0.124 e. The van der Waals surface area contributed by atoms with Crippen molar-refractivity contribution in [2.24, 2.45) is 5.92 Å². The second-order valence-electron chi connectivity index (χ2n) is 5.10. The maximum atomic E-state index is 13.4. The van der Waals surface area contributed by atoms with Crippen molar-refractivity contribution in [2.75, 3.05) is 19.8 Å². The van der Waals surface area contributed by atoms with Gasteiger partial charge in [0.15, 0.2) is 0 Å². The molecule has 2 nitrogen and oxygen atoms in total. The first-order valence-corrected chi connectivity index (χ1v) is 7.74. The van der Waals surface area contributed by atoms with E-state index in [-0.39, 0.29) is 5.82 Å². The zero-order valence-corrected chi connectivity index (χ0v) is 12.9. The Labute approximate surface area is 122 Å². The van der Waals surface area contributed by atoms with Gasteiger partial charge >= 0.3 is 0 Å². The topological polar surface area (TPSA) is 21.3 Å². The van der Waals surface area contributed by atoms with E-state index in [1.165, 1.54) is 6.07 Å². The number of rotatable bonds is 5. The Kier molecular flexibility index (Phi) is 5.79. The van der Waals surface area contributed by atoms with Crippen molar-refractivity contribution in [1.29, 1.82) is 0 Å². The molecule has 1 saturated heterocycles. The van der Waals surface area contributed by atoms with Crippen LogP contribution < -0.4 is 5.32 Å². The van der Waals surface area contributed by atoms with Crippen LogP contribution in [0, 0.1) is 11.7 Å². The molecule has 0 amide bonds. The highest BCUT2D eigenvalue weighted by atomic mass is 79.9. The number of nitrogens with one attached hydrogen (secondary N) is 1. The molecule has 0 saturated carbocycles. The lowest BCUT2D eigenvalue weighted by Crippen LogP contribution is -2.40. The largest absolute Gasteiger partial charge is 0.381 e. The van der Waals surface area contributed by atoms with Gasteiger partial charge in [0.25, 0.3) is 0 Å². The van der Waals surface area contributed by atoms with Gasteiger partial charge in [-0.25, -0.2) is 4.39 Å². The van der Waals surface area contributed by atoms with Crippen LogP contribution in [0.2, 0.25) is 0 Å². The summed E-state index contributed by atoms with van der Waals surface area (Å²) in [7, 11) is 0. The number of halogens is 2. The molecule has 1 unspecified atom stereocenters. The first kappa shape index (κ1) is 14.9. The summed E-state index contributed by atoms with van der Waals surface area (Å²) in [5.41, 5.74) is 1.05. The minimum Gasteiger partial charge on any atom is -0.381 e. The van der Waals surface area contributed by atoms with E-state index in [2.05, 4.69) is 28.2 Å². The average molecular weight is 330 g/mol. The lowest BCUT2D eigenvalue weighted by molar-refractivity contribution is 0.0539. The summed E-state index contributed by atoms with van der Waals surface area (Å²) in [4.78, 5) is 0. The Morgan fingerprint density at radius 1 is 1.37 bits per heavy atom. The van der Waals surface area contributed by atoms with E-state index in [9.17, 15) is 4.39 Å². The predicted molar refractivity (Wildman–Crippen MR) is 78.8 cm³/mol. The Balaban J connectivity index is 2.06. The highest BCUT2D eigenvalue weighted by Crippen LogP contribution is 2.23. The van der Waals surface area contributed by atoms with Crippen LogP contribution in [-0.4, -0.2) is 25.8 Å². The van der Waals surface area contributed by atoms with Crippen molar-refractivity contribution in [2.45, 2.75) is 32.2 Å². The van der Waals surface area contributed by atoms with E-state index in [0.29, 0.717) is 12.0 Å². The third-order valence-corrected chi connectivity index (χ3v) is 4.14. The van der Waals surface area contributed by atoms with Crippen LogP contribution in [-0.2, 0) is 11.2 Å². The second kappa shape index (κ2) is 7.36. The van der Waals surface area contributed by atoms with Crippen LogP contribution in [0.5, 0.6) is 0 Å². The molecule has 2 rings (SSSR count). The molecule has 1 N–H and O–H groups in total. The average Bonchev–Trinajstić information content (AvgIpc) is 2.38. The molecule has 4 heteroatoms. The molecule has 0 aliphatic carbocycles. The maximum absolute atomic E-state index is 13.4. The van der Waals surface area contributed by atoms with Gasteiger partial charge in [0.2, 0.25) is 0 Å². The fourth-order valence-electron chi connectivity index (χ4n) is 2.77. The van der Waals surface area contributed by atoms with Crippen LogP contribution in [0.25, 0.3) is 0 Å². The van der Waals surface area contributed by atoms with Gasteiger partial charge in [0, 0.05) is 23.7 Å². The highest BCUT2D eigenvalue weighted by Gasteiger charge is 2.23. The third kappa shape index (κ3) is 4.55. The van der Waals surface area contributed by atoms with E-state index in [0.717, 1.165) is 49.1 Å². The lowest BCUT2D eigenvalue weighted by Gasteiger charge is -2.31. The Bertz CT molecular complexity index is 387. The Morgan fingerprint density at radius 2 is 2.11 bits per heavy atom. The van der Waals surface area contributed by atoms with Crippen molar-refractivity contribution in [3.05, 3.63) is 34.1 Å². The van der Waals surface area contributed by atoms with Crippen molar-refractivity contribution < 1.29 is 9.13 Å². The molecule has 0 spiro atoms. The molecular formula is C15H21BrFNO. The zero-order chi connectivity index (χ0) is 13.7.